The molecular formula is C14H7ClF2N2O. The summed E-state index contributed by atoms with van der Waals surface area (Å²) in [6, 6.07) is 8.66. The molecule has 0 radical (unpaired) electrons. The normalized spacial score (nSPS) is 9.90. The van der Waals surface area contributed by atoms with Crippen LogP contribution in [0, 0.1) is 23.0 Å². The fraction of sp³-hybridized carbons (Fsp3) is 0. The summed E-state index contributed by atoms with van der Waals surface area (Å²) >= 11 is 5.59. The summed E-state index contributed by atoms with van der Waals surface area (Å²) in [6.45, 7) is 0. The molecule has 0 atom stereocenters. The number of carbonyl (C=O) groups is 1. The zero-order valence-electron chi connectivity index (χ0n) is 9.95. The fourth-order valence-corrected chi connectivity index (χ4v) is 1.74. The monoisotopic (exact) mass is 292 g/mol. The first-order valence-electron chi connectivity index (χ1n) is 5.47. The van der Waals surface area contributed by atoms with Crippen LogP contribution in [0.25, 0.3) is 0 Å². The van der Waals surface area contributed by atoms with E-state index in [1.54, 1.807) is 6.07 Å². The van der Waals surface area contributed by atoms with E-state index in [9.17, 15) is 13.6 Å². The molecule has 0 saturated carbocycles. The molecule has 3 nitrogen and oxygen atoms in total. The van der Waals surface area contributed by atoms with Gasteiger partial charge in [0.2, 0.25) is 0 Å². The third kappa shape index (κ3) is 2.92. The van der Waals surface area contributed by atoms with Gasteiger partial charge in [-0.1, -0.05) is 11.6 Å². The topological polar surface area (TPSA) is 52.9 Å². The molecule has 0 bridgehead atoms. The summed E-state index contributed by atoms with van der Waals surface area (Å²) in [5.41, 5.74) is -0.163. The summed E-state index contributed by atoms with van der Waals surface area (Å²) in [5, 5.41) is 11.4. The Morgan fingerprint density at radius 1 is 1.20 bits per heavy atom. The minimum absolute atomic E-state index is 0.0484. The number of rotatable bonds is 2. The van der Waals surface area contributed by atoms with E-state index in [1.807, 2.05) is 0 Å². The van der Waals surface area contributed by atoms with E-state index in [-0.39, 0.29) is 21.8 Å². The summed E-state index contributed by atoms with van der Waals surface area (Å²) in [4.78, 5) is 11.9. The van der Waals surface area contributed by atoms with Gasteiger partial charge >= 0.3 is 0 Å². The first-order chi connectivity index (χ1) is 9.51. The summed E-state index contributed by atoms with van der Waals surface area (Å²) < 4.78 is 26.5. The third-order valence-corrected chi connectivity index (χ3v) is 2.76. The number of halogens is 3. The average Bonchev–Trinajstić information content (AvgIpc) is 2.40. The number of nitrogens with zero attached hydrogens (tertiary/aromatic N) is 1. The van der Waals surface area contributed by atoms with Crippen LogP contribution in [-0.2, 0) is 0 Å². The predicted octanol–water partition coefficient (Wildman–Crippen LogP) is 3.74. The number of hydrogen-bond acceptors (Lipinski definition) is 2. The molecule has 2 rings (SSSR count). The molecule has 0 fully saturated rings. The van der Waals surface area contributed by atoms with Crippen molar-refractivity contribution in [3.05, 3.63) is 64.2 Å². The maximum Gasteiger partial charge on any atom is 0.258 e. The Morgan fingerprint density at radius 3 is 2.60 bits per heavy atom. The number of benzene rings is 2. The van der Waals surface area contributed by atoms with Crippen molar-refractivity contribution in [3.63, 3.8) is 0 Å². The molecule has 2 aromatic rings. The molecule has 0 spiro atoms. The van der Waals surface area contributed by atoms with Crippen LogP contribution in [0.4, 0.5) is 14.5 Å². The van der Waals surface area contributed by atoms with Gasteiger partial charge in [0.05, 0.1) is 16.8 Å². The van der Waals surface area contributed by atoms with E-state index in [2.05, 4.69) is 5.32 Å². The average molecular weight is 293 g/mol. The number of nitriles is 1. The largest absolute Gasteiger partial charge is 0.321 e. The van der Waals surface area contributed by atoms with Gasteiger partial charge in [-0.25, -0.2) is 8.78 Å². The van der Waals surface area contributed by atoms with Crippen molar-refractivity contribution < 1.29 is 13.6 Å². The van der Waals surface area contributed by atoms with E-state index in [1.165, 1.54) is 18.2 Å². The van der Waals surface area contributed by atoms with Gasteiger partial charge < -0.3 is 5.32 Å². The molecule has 100 valence electrons. The van der Waals surface area contributed by atoms with Gasteiger partial charge in [0.1, 0.15) is 17.7 Å². The molecule has 2 aromatic carbocycles. The summed E-state index contributed by atoms with van der Waals surface area (Å²) in [6.07, 6.45) is 0. The lowest BCUT2D eigenvalue weighted by molar-refractivity contribution is 0.102. The lowest BCUT2D eigenvalue weighted by Crippen LogP contribution is -2.14. The minimum atomic E-state index is -0.782. The minimum Gasteiger partial charge on any atom is -0.321 e. The predicted molar refractivity (Wildman–Crippen MR) is 70.5 cm³/mol. The molecule has 1 amide bonds. The lowest BCUT2D eigenvalue weighted by atomic mass is 10.1. The van der Waals surface area contributed by atoms with Crippen LogP contribution in [-0.4, -0.2) is 5.91 Å². The highest BCUT2D eigenvalue weighted by Gasteiger charge is 2.14. The van der Waals surface area contributed by atoms with Crippen LogP contribution in [0.3, 0.4) is 0 Å². The Hall–Kier alpha value is -2.45. The highest BCUT2D eigenvalue weighted by molar-refractivity contribution is 6.30. The maximum atomic E-state index is 13.6. The van der Waals surface area contributed by atoms with E-state index in [4.69, 9.17) is 16.9 Å². The fourth-order valence-electron chi connectivity index (χ4n) is 1.58. The summed E-state index contributed by atoms with van der Waals surface area (Å²) in [7, 11) is 0. The number of carbonyl (C=O) groups excluding carboxylic acids is 1. The van der Waals surface area contributed by atoms with Crippen molar-refractivity contribution in [2.75, 3.05) is 5.32 Å². The maximum absolute atomic E-state index is 13.6. The molecular weight excluding hydrogens is 286 g/mol. The lowest BCUT2D eigenvalue weighted by Gasteiger charge is -2.08. The van der Waals surface area contributed by atoms with Crippen molar-refractivity contribution in [2.24, 2.45) is 0 Å². The first-order valence-corrected chi connectivity index (χ1v) is 5.85. The molecule has 6 heteroatoms. The molecule has 0 saturated heterocycles. The van der Waals surface area contributed by atoms with E-state index < -0.39 is 17.5 Å². The van der Waals surface area contributed by atoms with Crippen LogP contribution < -0.4 is 5.32 Å². The van der Waals surface area contributed by atoms with Crippen molar-refractivity contribution in [3.8, 4) is 6.07 Å². The standard InChI is InChI=1S/C14H7ClF2N2O/c15-9-1-3-11(12(17)6-9)14(20)19-13-4-2-10(16)5-8(13)7-18/h1-6H,(H,19,20). The van der Waals surface area contributed by atoms with Crippen LogP contribution >= 0.6 is 11.6 Å². The first kappa shape index (κ1) is 14.0. The van der Waals surface area contributed by atoms with Gasteiger partial charge in [-0.15, -0.1) is 0 Å². The Balaban J connectivity index is 2.31. The zero-order valence-corrected chi connectivity index (χ0v) is 10.7. The molecule has 0 aliphatic heterocycles. The second-order valence-corrected chi connectivity index (χ2v) is 4.32. The van der Waals surface area contributed by atoms with Crippen LogP contribution in [0.2, 0.25) is 5.02 Å². The second kappa shape index (κ2) is 5.68. The van der Waals surface area contributed by atoms with Gasteiger partial charge in [-0.2, -0.15) is 5.26 Å². The van der Waals surface area contributed by atoms with Gasteiger partial charge in [-0.05, 0) is 36.4 Å². The molecule has 0 unspecified atom stereocenters. The number of amides is 1. The molecule has 0 aliphatic rings. The van der Waals surface area contributed by atoms with Crippen LogP contribution in [0.1, 0.15) is 15.9 Å². The van der Waals surface area contributed by atoms with E-state index in [0.717, 1.165) is 18.2 Å². The molecule has 20 heavy (non-hydrogen) atoms. The van der Waals surface area contributed by atoms with Gasteiger partial charge in [0.25, 0.3) is 5.91 Å². The van der Waals surface area contributed by atoms with Crippen molar-refractivity contribution in [2.45, 2.75) is 0 Å². The van der Waals surface area contributed by atoms with Crippen LogP contribution in [0.15, 0.2) is 36.4 Å². The highest BCUT2D eigenvalue weighted by atomic mass is 35.5. The van der Waals surface area contributed by atoms with Gasteiger partial charge in [0.15, 0.2) is 0 Å². The van der Waals surface area contributed by atoms with Crippen LogP contribution in [0.5, 0.6) is 0 Å². The van der Waals surface area contributed by atoms with Gasteiger partial charge in [0, 0.05) is 5.02 Å². The van der Waals surface area contributed by atoms with E-state index >= 15 is 0 Å². The third-order valence-electron chi connectivity index (χ3n) is 2.53. The van der Waals surface area contributed by atoms with Gasteiger partial charge in [-0.3, -0.25) is 4.79 Å². The molecule has 0 aromatic heterocycles. The SMILES string of the molecule is N#Cc1cc(F)ccc1NC(=O)c1ccc(Cl)cc1F. The van der Waals surface area contributed by atoms with Crippen molar-refractivity contribution >= 4 is 23.2 Å². The zero-order chi connectivity index (χ0) is 14.7. The molecule has 0 heterocycles. The Kier molecular flexibility index (Phi) is 3.97. The smallest absolute Gasteiger partial charge is 0.258 e. The number of hydrogen-bond donors (Lipinski definition) is 1. The van der Waals surface area contributed by atoms with Crippen molar-refractivity contribution in [1.29, 1.82) is 5.26 Å². The summed E-state index contributed by atoms with van der Waals surface area (Å²) in [5.74, 6) is -2.13. The Labute approximate surface area is 118 Å². The number of anilines is 1. The van der Waals surface area contributed by atoms with Crippen molar-refractivity contribution in [1.82, 2.24) is 0 Å². The van der Waals surface area contributed by atoms with E-state index in [0.29, 0.717) is 0 Å². The highest BCUT2D eigenvalue weighted by Crippen LogP contribution is 2.19. The second-order valence-electron chi connectivity index (χ2n) is 3.88. The Bertz CT molecular complexity index is 726. The molecule has 0 aliphatic carbocycles. The quantitative estimate of drug-likeness (QED) is 0.916. The number of nitrogens with one attached hydrogen (secondary N) is 1. The Morgan fingerprint density at radius 2 is 1.95 bits per heavy atom. The molecule has 1 N–H and O–H groups in total.